The van der Waals surface area contributed by atoms with E-state index in [1.54, 1.807) is 24.3 Å². The summed E-state index contributed by atoms with van der Waals surface area (Å²) < 4.78 is 30.8. The van der Waals surface area contributed by atoms with Crippen molar-refractivity contribution in [1.29, 1.82) is 0 Å². The van der Waals surface area contributed by atoms with Crippen LogP contribution in [0.1, 0.15) is 12.0 Å². The summed E-state index contributed by atoms with van der Waals surface area (Å²) in [6.07, 6.45) is 2.79. The van der Waals surface area contributed by atoms with E-state index in [-0.39, 0.29) is 5.75 Å². The molecule has 0 unspecified atom stereocenters. The molecule has 110 valence electrons. The predicted molar refractivity (Wildman–Crippen MR) is 77.0 cm³/mol. The zero-order valence-corrected chi connectivity index (χ0v) is 11.9. The molecule has 0 spiro atoms. The highest BCUT2D eigenvalue weighted by Crippen LogP contribution is 2.14. The summed E-state index contributed by atoms with van der Waals surface area (Å²) in [5, 5.41) is 8.54. The van der Waals surface area contributed by atoms with Gasteiger partial charge in [-0.05, 0) is 30.2 Å². The van der Waals surface area contributed by atoms with Gasteiger partial charge in [0.1, 0.15) is 0 Å². The maximum atomic E-state index is 11.8. The van der Waals surface area contributed by atoms with E-state index in [0.717, 1.165) is 6.08 Å². The molecule has 1 aromatic carbocycles. The van der Waals surface area contributed by atoms with Gasteiger partial charge >= 0.3 is 5.97 Å². The van der Waals surface area contributed by atoms with Crippen LogP contribution in [0.15, 0.2) is 30.3 Å². The van der Waals surface area contributed by atoms with Crippen LogP contribution in [0.5, 0.6) is 0 Å². The van der Waals surface area contributed by atoms with Crippen molar-refractivity contribution in [2.45, 2.75) is 6.42 Å². The Labute approximate surface area is 118 Å². The fourth-order valence-corrected chi connectivity index (χ4v) is 2.58. The highest BCUT2D eigenvalue weighted by molar-refractivity contribution is 7.92. The molecule has 0 saturated heterocycles. The molecule has 0 fully saturated rings. The first-order valence-electron chi connectivity index (χ1n) is 5.93. The molecule has 1 rings (SSSR count). The molecular formula is C13H17NO5S. The van der Waals surface area contributed by atoms with Gasteiger partial charge in [0.15, 0.2) is 0 Å². The zero-order valence-electron chi connectivity index (χ0n) is 11.1. The van der Waals surface area contributed by atoms with Crippen molar-refractivity contribution in [3.63, 3.8) is 0 Å². The van der Waals surface area contributed by atoms with E-state index in [0.29, 0.717) is 24.3 Å². The number of methoxy groups -OCH3 is 1. The van der Waals surface area contributed by atoms with Gasteiger partial charge < -0.3 is 9.84 Å². The van der Waals surface area contributed by atoms with E-state index in [1.165, 1.54) is 13.2 Å². The van der Waals surface area contributed by atoms with Crippen LogP contribution < -0.4 is 4.72 Å². The van der Waals surface area contributed by atoms with Crippen molar-refractivity contribution in [2.24, 2.45) is 0 Å². The van der Waals surface area contributed by atoms with E-state index in [9.17, 15) is 13.2 Å². The van der Waals surface area contributed by atoms with Gasteiger partial charge in [0, 0.05) is 25.5 Å². The number of aliphatic carboxylic acids is 1. The van der Waals surface area contributed by atoms with Gasteiger partial charge in [-0.3, -0.25) is 4.72 Å². The highest BCUT2D eigenvalue weighted by Gasteiger charge is 2.09. The van der Waals surface area contributed by atoms with Gasteiger partial charge in [-0.2, -0.15) is 0 Å². The SMILES string of the molecule is COCCCS(=O)(=O)Nc1cccc(C=CC(=O)O)c1. The van der Waals surface area contributed by atoms with Crippen molar-refractivity contribution in [3.05, 3.63) is 35.9 Å². The van der Waals surface area contributed by atoms with E-state index in [4.69, 9.17) is 9.84 Å². The van der Waals surface area contributed by atoms with Crippen molar-refractivity contribution in [3.8, 4) is 0 Å². The number of benzene rings is 1. The number of ether oxygens (including phenoxy) is 1. The lowest BCUT2D eigenvalue weighted by molar-refractivity contribution is -0.131. The molecule has 1 aromatic rings. The molecular weight excluding hydrogens is 282 g/mol. The van der Waals surface area contributed by atoms with Gasteiger partial charge in [-0.1, -0.05) is 12.1 Å². The summed E-state index contributed by atoms with van der Waals surface area (Å²) in [5.41, 5.74) is 0.999. The zero-order chi connectivity index (χ0) is 15.0. The number of nitrogens with one attached hydrogen (secondary N) is 1. The second kappa shape index (κ2) is 7.66. The van der Waals surface area contributed by atoms with E-state index < -0.39 is 16.0 Å². The van der Waals surface area contributed by atoms with Crippen LogP contribution in [0, 0.1) is 0 Å². The second-order valence-corrected chi connectivity index (χ2v) is 5.91. The molecule has 0 heterocycles. The largest absolute Gasteiger partial charge is 0.478 e. The van der Waals surface area contributed by atoms with E-state index in [1.807, 2.05) is 0 Å². The molecule has 0 aromatic heterocycles. The standard InChI is InChI=1S/C13H17NO5S/c1-19-8-3-9-20(17,18)14-12-5-2-4-11(10-12)6-7-13(15)16/h2,4-7,10,14H,3,8-9H2,1H3,(H,15,16). The fraction of sp³-hybridized carbons (Fsp3) is 0.308. The lowest BCUT2D eigenvalue weighted by Gasteiger charge is -2.08. The Bertz CT molecular complexity index is 580. The number of anilines is 1. The van der Waals surface area contributed by atoms with Crippen molar-refractivity contribution >= 4 is 27.8 Å². The van der Waals surface area contributed by atoms with Gasteiger partial charge in [0.2, 0.25) is 10.0 Å². The number of rotatable bonds is 8. The third-order valence-electron chi connectivity index (χ3n) is 2.34. The summed E-state index contributed by atoms with van der Waals surface area (Å²) in [4.78, 5) is 10.4. The highest BCUT2D eigenvalue weighted by atomic mass is 32.2. The fourth-order valence-electron chi connectivity index (χ4n) is 1.50. The third kappa shape index (κ3) is 6.35. The number of hydrogen-bond donors (Lipinski definition) is 2. The van der Waals surface area contributed by atoms with Gasteiger partial charge in [-0.15, -0.1) is 0 Å². The second-order valence-electron chi connectivity index (χ2n) is 4.06. The summed E-state index contributed by atoms with van der Waals surface area (Å²) in [6.45, 7) is 0.377. The molecule has 2 N–H and O–H groups in total. The first-order valence-corrected chi connectivity index (χ1v) is 7.59. The Kier molecular flexibility index (Phi) is 6.20. The Morgan fingerprint density at radius 2 is 2.20 bits per heavy atom. The molecule has 7 heteroatoms. The smallest absolute Gasteiger partial charge is 0.328 e. The molecule has 0 aliphatic heterocycles. The maximum Gasteiger partial charge on any atom is 0.328 e. The van der Waals surface area contributed by atoms with Crippen molar-refractivity contribution in [2.75, 3.05) is 24.2 Å². The van der Waals surface area contributed by atoms with E-state index >= 15 is 0 Å². The molecule has 0 aliphatic carbocycles. The van der Waals surface area contributed by atoms with Crippen LogP contribution >= 0.6 is 0 Å². The maximum absolute atomic E-state index is 11.8. The van der Waals surface area contributed by atoms with Crippen LogP contribution in [0.25, 0.3) is 6.08 Å². The minimum absolute atomic E-state index is 0.0317. The van der Waals surface area contributed by atoms with Crippen molar-refractivity contribution < 1.29 is 23.1 Å². The minimum atomic E-state index is -3.43. The summed E-state index contributed by atoms with van der Waals surface area (Å²) in [5.74, 6) is -1.09. The van der Waals surface area contributed by atoms with E-state index in [2.05, 4.69) is 4.72 Å². The minimum Gasteiger partial charge on any atom is -0.478 e. The molecule has 20 heavy (non-hydrogen) atoms. The number of hydrogen-bond acceptors (Lipinski definition) is 4. The van der Waals surface area contributed by atoms with Crippen LogP contribution in [-0.2, 0) is 19.6 Å². The molecule has 0 saturated carbocycles. The Morgan fingerprint density at radius 3 is 2.85 bits per heavy atom. The summed E-state index contributed by atoms with van der Waals surface area (Å²) in [6, 6.07) is 6.50. The number of carboxylic acids is 1. The quantitative estimate of drug-likeness (QED) is 0.561. The van der Waals surface area contributed by atoms with Crippen LogP contribution in [0.3, 0.4) is 0 Å². The monoisotopic (exact) mass is 299 g/mol. The third-order valence-corrected chi connectivity index (χ3v) is 3.71. The normalized spacial score (nSPS) is 11.7. The Hall–Kier alpha value is -1.86. The molecule has 0 aliphatic rings. The van der Waals surface area contributed by atoms with Crippen LogP contribution in [-0.4, -0.2) is 39.0 Å². The first kappa shape index (κ1) is 16.2. The molecule has 0 amide bonds. The van der Waals surface area contributed by atoms with Gasteiger partial charge in [-0.25, -0.2) is 13.2 Å². The van der Waals surface area contributed by atoms with Gasteiger partial charge in [0.05, 0.1) is 5.75 Å². The first-order chi connectivity index (χ1) is 9.43. The molecule has 0 atom stereocenters. The molecule has 6 nitrogen and oxygen atoms in total. The Balaban J connectivity index is 2.72. The number of carbonyl (C=O) groups is 1. The van der Waals surface area contributed by atoms with Crippen molar-refractivity contribution in [1.82, 2.24) is 0 Å². The van der Waals surface area contributed by atoms with Crippen LogP contribution in [0.2, 0.25) is 0 Å². The summed E-state index contributed by atoms with van der Waals surface area (Å²) in [7, 11) is -1.91. The lowest BCUT2D eigenvalue weighted by Crippen LogP contribution is -2.17. The molecule has 0 radical (unpaired) electrons. The molecule has 0 bridgehead atoms. The summed E-state index contributed by atoms with van der Waals surface area (Å²) >= 11 is 0. The number of carboxylic acid groups (broad SMARTS) is 1. The lowest BCUT2D eigenvalue weighted by atomic mass is 10.2. The average Bonchev–Trinajstić information content (AvgIpc) is 2.36. The Morgan fingerprint density at radius 1 is 1.45 bits per heavy atom. The van der Waals surface area contributed by atoms with Gasteiger partial charge in [0.25, 0.3) is 0 Å². The average molecular weight is 299 g/mol. The van der Waals surface area contributed by atoms with Crippen LogP contribution in [0.4, 0.5) is 5.69 Å². The topological polar surface area (TPSA) is 92.7 Å². The predicted octanol–water partition coefficient (Wildman–Crippen LogP) is 1.56. The number of sulfonamides is 1.